The number of nitrogens with two attached hydrogens (primary N) is 1. The molecule has 1 aromatic carbocycles. The molecule has 7 heteroatoms. The van der Waals surface area contributed by atoms with E-state index < -0.39 is 5.91 Å². The fourth-order valence-electron chi connectivity index (χ4n) is 2.00. The zero-order valence-electron chi connectivity index (χ0n) is 11.9. The number of nitrogens with zero attached hydrogens (tertiary/aromatic N) is 3. The van der Waals surface area contributed by atoms with Gasteiger partial charge in [0.25, 0.3) is 5.91 Å². The van der Waals surface area contributed by atoms with Gasteiger partial charge in [-0.1, -0.05) is 12.1 Å². The van der Waals surface area contributed by atoms with Crippen molar-refractivity contribution in [2.75, 3.05) is 7.11 Å². The highest BCUT2D eigenvalue weighted by Gasteiger charge is 2.10. The molecule has 2 aromatic heterocycles. The van der Waals surface area contributed by atoms with Crippen LogP contribution in [0, 0.1) is 0 Å². The van der Waals surface area contributed by atoms with Crippen molar-refractivity contribution in [1.82, 2.24) is 14.8 Å². The number of hydrogen-bond donors (Lipinski definition) is 1. The maximum Gasteiger partial charge on any atom is 0.268 e. The number of rotatable bonds is 5. The molecule has 0 spiro atoms. The van der Waals surface area contributed by atoms with Crippen molar-refractivity contribution in [1.29, 1.82) is 0 Å². The largest absolute Gasteiger partial charge is 0.497 e. The Morgan fingerprint density at radius 1 is 1.36 bits per heavy atom. The highest BCUT2D eigenvalue weighted by atomic mass is 32.1. The fourth-order valence-corrected chi connectivity index (χ4v) is 2.78. The molecule has 0 unspecified atom stereocenters. The van der Waals surface area contributed by atoms with E-state index in [4.69, 9.17) is 10.5 Å². The quantitative estimate of drug-likeness (QED) is 0.782. The Balaban J connectivity index is 1.76. The lowest BCUT2D eigenvalue weighted by molar-refractivity contribution is 0.0996. The van der Waals surface area contributed by atoms with Crippen LogP contribution in [-0.4, -0.2) is 27.8 Å². The lowest BCUT2D eigenvalue weighted by atomic mass is 10.2. The average Bonchev–Trinajstić information content (AvgIpc) is 3.16. The normalized spacial score (nSPS) is 10.6. The molecule has 0 saturated heterocycles. The van der Waals surface area contributed by atoms with Crippen molar-refractivity contribution in [2.45, 2.75) is 6.54 Å². The number of hydrogen-bond acceptors (Lipinski definition) is 5. The van der Waals surface area contributed by atoms with Gasteiger partial charge in [0, 0.05) is 17.1 Å². The molecule has 3 rings (SSSR count). The van der Waals surface area contributed by atoms with E-state index in [9.17, 15) is 4.79 Å². The number of benzene rings is 1. The standard InChI is InChI=1S/C15H14N4O2S/c1-21-12-4-2-10(3-5-12)7-19-8-11(6-17-19)15-18-13(9-22-15)14(16)20/h2-6,8-9H,7H2,1H3,(H2,16,20). The summed E-state index contributed by atoms with van der Waals surface area (Å²) in [6.45, 7) is 0.651. The molecule has 0 fully saturated rings. The van der Waals surface area contributed by atoms with E-state index in [1.807, 2.05) is 35.1 Å². The highest BCUT2D eigenvalue weighted by molar-refractivity contribution is 7.13. The predicted octanol–water partition coefficient (Wildman–Crippen LogP) is 2.16. The van der Waals surface area contributed by atoms with Gasteiger partial charge in [-0.05, 0) is 17.7 Å². The number of carbonyl (C=O) groups is 1. The summed E-state index contributed by atoms with van der Waals surface area (Å²) in [6, 6.07) is 7.82. The monoisotopic (exact) mass is 314 g/mol. The Morgan fingerprint density at radius 2 is 2.14 bits per heavy atom. The molecular formula is C15H14N4O2S. The van der Waals surface area contributed by atoms with Crippen molar-refractivity contribution < 1.29 is 9.53 Å². The van der Waals surface area contributed by atoms with Gasteiger partial charge in [-0.2, -0.15) is 5.10 Å². The summed E-state index contributed by atoms with van der Waals surface area (Å²) in [7, 11) is 1.64. The van der Waals surface area contributed by atoms with Gasteiger partial charge in [0.1, 0.15) is 16.5 Å². The Kier molecular flexibility index (Phi) is 3.88. The second kappa shape index (κ2) is 5.98. The van der Waals surface area contributed by atoms with Crippen molar-refractivity contribution >= 4 is 17.2 Å². The summed E-state index contributed by atoms with van der Waals surface area (Å²) in [5, 5.41) is 6.70. The van der Waals surface area contributed by atoms with E-state index in [-0.39, 0.29) is 5.69 Å². The van der Waals surface area contributed by atoms with E-state index in [0.29, 0.717) is 6.54 Å². The van der Waals surface area contributed by atoms with E-state index in [1.165, 1.54) is 11.3 Å². The van der Waals surface area contributed by atoms with Gasteiger partial charge in [-0.25, -0.2) is 4.98 Å². The molecule has 1 amide bonds. The molecule has 0 aliphatic carbocycles. The molecule has 0 radical (unpaired) electrons. The second-order valence-electron chi connectivity index (χ2n) is 4.68. The first-order valence-electron chi connectivity index (χ1n) is 6.57. The van der Waals surface area contributed by atoms with Crippen LogP contribution in [0.3, 0.4) is 0 Å². The summed E-state index contributed by atoms with van der Waals surface area (Å²) in [5.41, 5.74) is 7.48. The third kappa shape index (κ3) is 2.99. The van der Waals surface area contributed by atoms with Crippen LogP contribution in [0.5, 0.6) is 5.75 Å². The second-order valence-corrected chi connectivity index (χ2v) is 5.53. The van der Waals surface area contributed by atoms with E-state index in [0.717, 1.165) is 21.9 Å². The van der Waals surface area contributed by atoms with Crippen LogP contribution in [0.15, 0.2) is 42.0 Å². The first-order chi connectivity index (χ1) is 10.7. The van der Waals surface area contributed by atoms with E-state index in [2.05, 4.69) is 10.1 Å². The molecule has 22 heavy (non-hydrogen) atoms. The summed E-state index contributed by atoms with van der Waals surface area (Å²) < 4.78 is 6.96. The van der Waals surface area contributed by atoms with Crippen LogP contribution < -0.4 is 10.5 Å². The molecule has 3 aromatic rings. The number of primary amides is 1. The van der Waals surface area contributed by atoms with Crippen LogP contribution in [0.1, 0.15) is 16.1 Å². The molecule has 0 saturated carbocycles. The number of carbonyl (C=O) groups excluding carboxylic acids is 1. The SMILES string of the molecule is COc1ccc(Cn2cc(-c3nc(C(N)=O)cs3)cn2)cc1. The van der Waals surface area contributed by atoms with Gasteiger partial charge in [0.05, 0.1) is 19.9 Å². The minimum absolute atomic E-state index is 0.280. The zero-order chi connectivity index (χ0) is 15.5. The first kappa shape index (κ1) is 14.3. The van der Waals surface area contributed by atoms with Gasteiger partial charge in [0.15, 0.2) is 0 Å². The molecule has 2 heterocycles. The minimum atomic E-state index is -0.520. The van der Waals surface area contributed by atoms with Crippen LogP contribution in [0.4, 0.5) is 0 Å². The maximum absolute atomic E-state index is 11.1. The Hall–Kier alpha value is -2.67. The van der Waals surface area contributed by atoms with Crippen LogP contribution in [0.25, 0.3) is 10.6 Å². The van der Waals surface area contributed by atoms with Gasteiger partial charge in [0.2, 0.25) is 0 Å². The van der Waals surface area contributed by atoms with E-state index in [1.54, 1.807) is 18.7 Å². The number of amides is 1. The van der Waals surface area contributed by atoms with Crippen molar-refractivity contribution in [3.05, 3.63) is 53.3 Å². The van der Waals surface area contributed by atoms with Gasteiger partial charge in [-0.3, -0.25) is 9.48 Å². The molecule has 2 N–H and O–H groups in total. The molecule has 0 aliphatic rings. The van der Waals surface area contributed by atoms with Crippen molar-refractivity contribution in [3.8, 4) is 16.3 Å². The lowest BCUT2D eigenvalue weighted by Gasteiger charge is -2.03. The summed E-state index contributed by atoms with van der Waals surface area (Å²) in [5.74, 6) is 0.305. The molecule has 0 atom stereocenters. The lowest BCUT2D eigenvalue weighted by Crippen LogP contribution is -2.10. The summed E-state index contributed by atoms with van der Waals surface area (Å²) in [4.78, 5) is 15.3. The molecule has 6 nitrogen and oxygen atoms in total. The minimum Gasteiger partial charge on any atom is -0.497 e. The number of ether oxygens (including phenoxy) is 1. The Bertz CT molecular complexity index is 792. The molecular weight excluding hydrogens is 300 g/mol. The van der Waals surface area contributed by atoms with Gasteiger partial charge < -0.3 is 10.5 Å². The third-order valence-electron chi connectivity index (χ3n) is 3.14. The Morgan fingerprint density at radius 3 is 2.77 bits per heavy atom. The van der Waals surface area contributed by atoms with E-state index >= 15 is 0 Å². The van der Waals surface area contributed by atoms with Crippen molar-refractivity contribution in [3.63, 3.8) is 0 Å². The number of thiazole rings is 1. The number of methoxy groups -OCH3 is 1. The van der Waals surface area contributed by atoms with Crippen LogP contribution in [0.2, 0.25) is 0 Å². The maximum atomic E-state index is 11.1. The summed E-state index contributed by atoms with van der Waals surface area (Å²) in [6.07, 6.45) is 3.63. The molecule has 0 bridgehead atoms. The van der Waals surface area contributed by atoms with Crippen molar-refractivity contribution in [2.24, 2.45) is 5.73 Å². The highest BCUT2D eigenvalue weighted by Crippen LogP contribution is 2.23. The molecule has 0 aliphatic heterocycles. The zero-order valence-corrected chi connectivity index (χ0v) is 12.7. The van der Waals surface area contributed by atoms with Gasteiger partial charge >= 0.3 is 0 Å². The van der Waals surface area contributed by atoms with Gasteiger partial charge in [-0.15, -0.1) is 11.3 Å². The molecule has 112 valence electrons. The Labute approximate surface area is 131 Å². The van der Waals surface area contributed by atoms with Crippen LogP contribution in [-0.2, 0) is 6.54 Å². The number of aromatic nitrogens is 3. The smallest absolute Gasteiger partial charge is 0.268 e. The first-order valence-corrected chi connectivity index (χ1v) is 7.45. The predicted molar refractivity (Wildman–Crippen MR) is 83.9 cm³/mol. The third-order valence-corrected chi connectivity index (χ3v) is 4.03. The van der Waals surface area contributed by atoms with Crippen LogP contribution >= 0.6 is 11.3 Å². The fraction of sp³-hybridized carbons (Fsp3) is 0.133. The average molecular weight is 314 g/mol. The topological polar surface area (TPSA) is 83.0 Å². The summed E-state index contributed by atoms with van der Waals surface area (Å²) >= 11 is 1.37.